The van der Waals surface area contributed by atoms with Crippen LogP contribution in [0.5, 0.6) is 0 Å². The fourth-order valence-electron chi connectivity index (χ4n) is 3.70. The van der Waals surface area contributed by atoms with Crippen LogP contribution in [-0.2, 0) is 9.59 Å². The molecule has 120 valence electrons. The Labute approximate surface area is 128 Å². The Bertz CT molecular complexity index is 386. The summed E-state index contributed by atoms with van der Waals surface area (Å²) in [7, 11) is 1.92. The maximum Gasteiger partial charge on any atom is 0.228 e. The van der Waals surface area contributed by atoms with Gasteiger partial charge in [-0.2, -0.15) is 0 Å². The summed E-state index contributed by atoms with van der Waals surface area (Å²) in [6.07, 6.45) is 4.63. The van der Waals surface area contributed by atoms with Crippen LogP contribution in [0.3, 0.4) is 0 Å². The molecule has 0 aromatic heterocycles. The first kappa shape index (κ1) is 16.3. The van der Waals surface area contributed by atoms with Gasteiger partial charge in [-0.3, -0.25) is 9.59 Å². The zero-order valence-corrected chi connectivity index (χ0v) is 13.6. The van der Waals surface area contributed by atoms with E-state index >= 15 is 0 Å². The normalized spacial score (nSPS) is 27.5. The summed E-state index contributed by atoms with van der Waals surface area (Å²) >= 11 is 0. The van der Waals surface area contributed by atoms with Crippen molar-refractivity contribution in [3.63, 3.8) is 0 Å². The molecular weight excluding hydrogens is 266 g/mol. The van der Waals surface area contributed by atoms with Gasteiger partial charge in [-0.15, -0.1) is 0 Å². The Balaban J connectivity index is 1.96. The van der Waals surface area contributed by atoms with Crippen LogP contribution in [0.1, 0.15) is 46.0 Å². The first-order valence-corrected chi connectivity index (χ1v) is 8.33. The van der Waals surface area contributed by atoms with Gasteiger partial charge in [0.15, 0.2) is 0 Å². The number of carbonyl (C=O) groups is 2. The van der Waals surface area contributed by atoms with Crippen molar-refractivity contribution >= 4 is 11.8 Å². The Morgan fingerprint density at radius 1 is 1.48 bits per heavy atom. The third kappa shape index (κ3) is 3.57. The van der Waals surface area contributed by atoms with E-state index in [9.17, 15) is 9.59 Å². The molecule has 21 heavy (non-hydrogen) atoms. The number of hydrogen-bond acceptors (Lipinski definition) is 3. The number of likely N-dealkylation sites (tertiary alicyclic amines) is 2. The fraction of sp³-hybridized carbons (Fsp3) is 0.875. The van der Waals surface area contributed by atoms with E-state index in [1.807, 2.05) is 16.8 Å². The number of nitrogens with one attached hydrogen (secondary N) is 1. The highest BCUT2D eigenvalue weighted by molar-refractivity contribution is 5.89. The standard InChI is InChI=1S/C16H29N3O2/c1-4-6-12(2)19-11-13(9-15(19)20)16(21)18-8-5-7-14(18)10-17-3/h12-14,17H,4-11H2,1-3H3. The summed E-state index contributed by atoms with van der Waals surface area (Å²) < 4.78 is 0. The quantitative estimate of drug-likeness (QED) is 0.802. The highest BCUT2D eigenvalue weighted by atomic mass is 16.2. The number of nitrogens with zero attached hydrogens (tertiary/aromatic N) is 2. The molecule has 2 aliphatic heterocycles. The molecule has 2 saturated heterocycles. The average molecular weight is 295 g/mol. The first-order chi connectivity index (χ1) is 10.1. The number of rotatable bonds is 6. The van der Waals surface area contributed by atoms with E-state index in [-0.39, 0.29) is 23.8 Å². The number of amides is 2. The monoisotopic (exact) mass is 295 g/mol. The van der Waals surface area contributed by atoms with Crippen molar-refractivity contribution in [3.05, 3.63) is 0 Å². The van der Waals surface area contributed by atoms with Gasteiger partial charge in [-0.05, 0) is 33.2 Å². The van der Waals surface area contributed by atoms with Gasteiger partial charge in [0.05, 0.1) is 5.92 Å². The Morgan fingerprint density at radius 3 is 2.90 bits per heavy atom. The largest absolute Gasteiger partial charge is 0.339 e. The van der Waals surface area contributed by atoms with Crippen LogP contribution < -0.4 is 5.32 Å². The summed E-state index contributed by atoms with van der Waals surface area (Å²) in [5, 5.41) is 3.17. The van der Waals surface area contributed by atoms with Gasteiger partial charge in [0, 0.05) is 38.1 Å². The first-order valence-electron chi connectivity index (χ1n) is 8.33. The second-order valence-electron chi connectivity index (χ2n) is 6.47. The van der Waals surface area contributed by atoms with Gasteiger partial charge in [0.2, 0.25) is 11.8 Å². The molecule has 3 atom stereocenters. The summed E-state index contributed by atoms with van der Waals surface area (Å²) in [6, 6.07) is 0.562. The second kappa shape index (κ2) is 7.25. The molecule has 0 radical (unpaired) electrons. The minimum Gasteiger partial charge on any atom is -0.339 e. The van der Waals surface area contributed by atoms with Gasteiger partial charge in [0.1, 0.15) is 0 Å². The molecule has 2 rings (SSSR count). The minimum atomic E-state index is -0.130. The van der Waals surface area contributed by atoms with Gasteiger partial charge in [-0.1, -0.05) is 13.3 Å². The zero-order valence-electron chi connectivity index (χ0n) is 13.6. The van der Waals surface area contributed by atoms with Crippen LogP contribution in [0.15, 0.2) is 0 Å². The SMILES string of the molecule is CCCC(C)N1CC(C(=O)N2CCCC2CNC)CC1=O. The van der Waals surface area contributed by atoms with Crippen molar-refractivity contribution < 1.29 is 9.59 Å². The molecule has 5 nitrogen and oxygen atoms in total. The van der Waals surface area contributed by atoms with Crippen molar-refractivity contribution in [1.29, 1.82) is 0 Å². The van der Waals surface area contributed by atoms with Crippen molar-refractivity contribution in [1.82, 2.24) is 15.1 Å². The summed E-state index contributed by atoms with van der Waals surface area (Å²) in [5.74, 6) is 0.209. The minimum absolute atomic E-state index is 0.130. The van der Waals surface area contributed by atoms with Crippen LogP contribution >= 0.6 is 0 Å². The molecule has 0 saturated carbocycles. The Hall–Kier alpha value is -1.10. The number of hydrogen-bond donors (Lipinski definition) is 1. The summed E-state index contributed by atoms with van der Waals surface area (Å²) in [5.41, 5.74) is 0. The van der Waals surface area contributed by atoms with Crippen molar-refractivity contribution in [2.75, 3.05) is 26.7 Å². The van der Waals surface area contributed by atoms with Crippen LogP contribution in [0.2, 0.25) is 0 Å². The van der Waals surface area contributed by atoms with Gasteiger partial charge in [0.25, 0.3) is 0 Å². The number of carbonyl (C=O) groups excluding carboxylic acids is 2. The van der Waals surface area contributed by atoms with Gasteiger partial charge in [-0.25, -0.2) is 0 Å². The molecule has 1 N–H and O–H groups in total. The Morgan fingerprint density at radius 2 is 2.24 bits per heavy atom. The lowest BCUT2D eigenvalue weighted by Crippen LogP contribution is -2.44. The van der Waals surface area contributed by atoms with Crippen LogP contribution in [0, 0.1) is 5.92 Å². The molecule has 0 aliphatic carbocycles. The van der Waals surface area contributed by atoms with Crippen LogP contribution in [-0.4, -0.2) is 60.4 Å². The third-order valence-electron chi connectivity index (χ3n) is 4.85. The van der Waals surface area contributed by atoms with E-state index < -0.39 is 0 Å². The predicted octanol–water partition coefficient (Wildman–Crippen LogP) is 1.23. The highest BCUT2D eigenvalue weighted by Gasteiger charge is 2.40. The maximum absolute atomic E-state index is 12.7. The summed E-state index contributed by atoms with van der Waals surface area (Å²) in [4.78, 5) is 28.8. The lowest BCUT2D eigenvalue weighted by atomic mass is 10.1. The molecule has 0 aromatic rings. The van der Waals surface area contributed by atoms with Crippen LogP contribution in [0.4, 0.5) is 0 Å². The Kier molecular flexibility index (Phi) is 5.62. The van der Waals surface area contributed by atoms with Crippen molar-refractivity contribution in [2.45, 2.75) is 58.0 Å². The average Bonchev–Trinajstić information content (AvgIpc) is 3.05. The molecule has 3 unspecified atom stereocenters. The second-order valence-corrected chi connectivity index (χ2v) is 6.47. The van der Waals surface area contributed by atoms with E-state index in [4.69, 9.17) is 0 Å². The molecule has 2 amide bonds. The molecule has 2 heterocycles. The molecule has 0 spiro atoms. The molecular formula is C16H29N3O2. The topological polar surface area (TPSA) is 52.7 Å². The molecule has 0 bridgehead atoms. The maximum atomic E-state index is 12.7. The molecule has 0 aromatic carbocycles. The van der Waals surface area contributed by atoms with E-state index in [2.05, 4.69) is 19.2 Å². The molecule has 2 aliphatic rings. The highest BCUT2D eigenvalue weighted by Crippen LogP contribution is 2.27. The van der Waals surface area contributed by atoms with E-state index in [0.29, 0.717) is 19.0 Å². The zero-order chi connectivity index (χ0) is 15.4. The lowest BCUT2D eigenvalue weighted by Gasteiger charge is -2.28. The van der Waals surface area contributed by atoms with Crippen molar-refractivity contribution in [2.24, 2.45) is 5.92 Å². The van der Waals surface area contributed by atoms with Gasteiger partial charge < -0.3 is 15.1 Å². The lowest BCUT2D eigenvalue weighted by molar-refractivity contribution is -0.136. The molecule has 2 fully saturated rings. The predicted molar refractivity (Wildman–Crippen MR) is 82.9 cm³/mol. The third-order valence-corrected chi connectivity index (χ3v) is 4.85. The van der Waals surface area contributed by atoms with E-state index in [0.717, 1.165) is 38.8 Å². The number of likely N-dealkylation sites (N-methyl/N-ethyl adjacent to an activating group) is 1. The van der Waals surface area contributed by atoms with Gasteiger partial charge >= 0.3 is 0 Å². The summed E-state index contributed by atoms with van der Waals surface area (Å²) in [6.45, 7) is 6.53. The van der Waals surface area contributed by atoms with E-state index in [1.165, 1.54) is 0 Å². The smallest absolute Gasteiger partial charge is 0.228 e. The van der Waals surface area contributed by atoms with Crippen LogP contribution in [0.25, 0.3) is 0 Å². The fourth-order valence-corrected chi connectivity index (χ4v) is 3.70. The molecule has 5 heteroatoms. The van der Waals surface area contributed by atoms with E-state index in [1.54, 1.807) is 0 Å². The van der Waals surface area contributed by atoms with Crippen molar-refractivity contribution in [3.8, 4) is 0 Å².